The number of nitro groups is 2. The van der Waals surface area contributed by atoms with Crippen molar-refractivity contribution >= 4 is 70.8 Å². The summed E-state index contributed by atoms with van der Waals surface area (Å²) in [5.41, 5.74) is 3.02. The van der Waals surface area contributed by atoms with Gasteiger partial charge in [-0.3, -0.25) is 20.2 Å². The van der Waals surface area contributed by atoms with Gasteiger partial charge in [0.25, 0.3) is 11.4 Å². The first-order valence-corrected chi connectivity index (χ1v) is 13.8. The third-order valence-corrected chi connectivity index (χ3v) is 7.20. The zero-order valence-corrected chi connectivity index (χ0v) is 30.3. The molecule has 0 atom stereocenters. The quantitative estimate of drug-likeness (QED) is 0.0537. The molecule has 0 heterocycles. The number of aromatic hydroxyl groups is 1. The number of rotatable bonds is 8. The third kappa shape index (κ3) is 8.55. The monoisotopic (exact) mass is 693 g/mol. The average molecular weight is 694 g/mol. The summed E-state index contributed by atoms with van der Waals surface area (Å²) in [5, 5.41) is 46.4. The van der Waals surface area contributed by atoms with Crippen LogP contribution in [0.1, 0.15) is 0 Å². The Balaban J connectivity index is 0.00000337. The van der Waals surface area contributed by atoms with Gasteiger partial charge < -0.3 is 19.9 Å². The first kappa shape index (κ1) is 38.0. The molecule has 0 aliphatic carbocycles. The first-order chi connectivity index (χ1) is 19.6. The molecule has 18 nitrogen and oxygen atoms in total. The van der Waals surface area contributed by atoms with E-state index in [4.69, 9.17) is 5.73 Å². The maximum absolute atomic E-state index is 12.0. The fourth-order valence-electron chi connectivity index (χ4n) is 3.59. The van der Waals surface area contributed by atoms with E-state index in [2.05, 4.69) is 20.5 Å². The zero-order chi connectivity index (χ0) is 31.0. The zero-order valence-electron chi connectivity index (χ0n) is 22.4. The van der Waals surface area contributed by atoms with E-state index in [1.165, 1.54) is 0 Å². The summed E-state index contributed by atoms with van der Waals surface area (Å²) in [6, 6.07) is 10.1. The van der Waals surface area contributed by atoms with Crippen LogP contribution < -0.4 is 109 Å². The minimum Gasteiger partial charge on any atom is -0.744 e. The van der Waals surface area contributed by atoms with Gasteiger partial charge in [-0.2, -0.15) is 10.2 Å². The van der Waals surface area contributed by atoms with E-state index in [-0.39, 0.29) is 126 Å². The molecule has 0 radical (unpaired) electrons. The van der Waals surface area contributed by atoms with Crippen molar-refractivity contribution in [2.75, 3.05) is 5.73 Å². The SMILES string of the molecule is Nc1c(N=Nc2ccc([N+](=O)[O-])cc2)c(S(=O)(=O)[O-])cc2cc(S(=O)(=O)[O-])c(N=Nc3ccc([N+](=O)[O-])cc3)c(O)c12.[K+].[K+]. The maximum Gasteiger partial charge on any atom is 1.00 e. The van der Waals surface area contributed by atoms with E-state index < -0.39 is 73.5 Å². The molecule has 3 N–H and O–H groups in total. The van der Waals surface area contributed by atoms with Crippen LogP contribution in [0.5, 0.6) is 5.75 Å². The number of phenolic OH excluding ortho intramolecular Hbond substituents is 1. The van der Waals surface area contributed by atoms with E-state index in [1.54, 1.807) is 0 Å². The van der Waals surface area contributed by atoms with E-state index in [9.17, 15) is 51.3 Å². The summed E-state index contributed by atoms with van der Waals surface area (Å²) in [7, 11) is -10.8. The number of phenols is 1. The number of nitrogens with two attached hydrogens (primary N) is 1. The molecule has 4 rings (SSSR count). The number of nitrogens with zero attached hydrogens (tertiary/aromatic N) is 6. The summed E-state index contributed by atoms with van der Waals surface area (Å²) < 4.78 is 72.1. The molecule has 0 bridgehead atoms. The number of benzene rings is 4. The van der Waals surface area contributed by atoms with E-state index >= 15 is 0 Å². The minimum absolute atomic E-state index is 0. The smallest absolute Gasteiger partial charge is 0.744 e. The molecule has 0 unspecified atom stereocenters. The Bertz CT molecular complexity index is 1910. The van der Waals surface area contributed by atoms with Crippen molar-refractivity contribution in [2.45, 2.75) is 9.79 Å². The van der Waals surface area contributed by atoms with Crippen LogP contribution >= 0.6 is 0 Å². The van der Waals surface area contributed by atoms with Gasteiger partial charge in [0.1, 0.15) is 31.6 Å². The Morgan fingerprint density at radius 2 is 1.02 bits per heavy atom. The van der Waals surface area contributed by atoms with Crippen molar-refractivity contribution in [2.24, 2.45) is 20.5 Å². The topological polar surface area (TPSA) is 296 Å². The second kappa shape index (κ2) is 14.9. The molecule has 0 fully saturated rings. The number of hydrogen-bond donors (Lipinski definition) is 2. The van der Waals surface area contributed by atoms with Crippen LogP contribution in [0.2, 0.25) is 0 Å². The van der Waals surface area contributed by atoms with Crippen LogP contribution in [0.3, 0.4) is 0 Å². The Kier molecular flexibility index (Phi) is 12.9. The molecule has 0 spiro atoms. The van der Waals surface area contributed by atoms with Gasteiger partial charge in [-0.25, -0.2) is 16.8 Å². The minimum atomic E-state index is -5.41. The van der Waals surface area contributed by atoms with Crippen LogP contribution in [-0.4, -0.2) is 40.9 Å². The van der Waals surface area contributed by atoms with E-state index in [0.29, 0.717) is 12.1 Å². The molecule has 0 aromatic heterocycles. The Hall–Kier alpha value is -2.17. The summed E-state index contributed by atoms with van der Waals surface area (Å²) in [6.45, 7) is 0. The van der Waals surface area contributed by atoms with Crippen LogP contribution in [0.15, 0.2) is 90.9 Å². The van der Waals surface area contributed by atoms with Gasteiger partial charge in [0, 0.05) is 24.3 Å². The van der Waals surface area contributed by atoms with Gasteiger partial charge in [-0.15, -0.1) is 10.2 Å². The molecule has 44 heavy (non-hydrogen) atoms. The molecular formula is C22H13K2N7O11S2. The van der Waals surface area contributed by atoms with E-state index in [0.717, 1.165) is 48.5 Å². The van der Waals surface area contributed by atoms with Crippen LogP contribution in [-0.2, 0) is 20.2 Å². The van der Waals surface area contributed by atoms with Gasteiger partial charge in [-0.05, 0) is 41.8 Å². The van der Waals surface area contributed by atoms with Crippen molar-refractivity contribution in [3.63, 3.8) is 0 Å². The number of nitrogen functional groups attached to an aromatic ring is 1. The maximum atomic E-state index is 12.0. The normalized spacial score (nSPS) is 11.8. The fourth-order valence-corrected chi connectivity index (χ4v) is 4.89. The van der Waals surface area contributed by atoms with Crippen LogP contribution in [0, 0.1) is 20.2 Å². The van der Waals surface area contributed by atoms with Gasteiger partial charge in [0.05, 0.1) is 42.1 Å². The number of non-ortho nitro benzene ring substituents is 2. The molecule has 0 saturated heterocycles. The van der Waals surface area contributed by atoms with Crippen molar-refractivity contribution in [3.8, 4) is 5.75 Å². The number of nitro benzene ring substituents is 2. The van der Waals surface area contributed by atoms with Gasteiger partial charge in [0.2, 0.25) is 0 Å². The molecule has 4 aromatic carbocycles. The van der Waals surface area contributed by atoms with Crippen LogP contribution in [0.25, 0.3) is 10.8 Å². The summed E-state index contributed by atoms with van der Waals surface area (Å²) in [6.07, 6.45) is 0. The van der Waals surface area contributed by atoms with Crippen molar-refractivity contribution in [3.05, 3.63) is 80.9 Å². The predicted octanol–water partition coefficient (Wildman–Crippen LogP) is -1.41. The second-order valence-electron chi connectivity index (χ2n) is 8.16. The summed E-state index contributed by atoms with van der Waals surface area (Å²) in [5.74, 6) is -1.06. The standard InChI is InChI=1S/C22H15N7O11S2.2K/c23-19-18-11(9-16(41(35,36)37)20(19)26-24-12-1-5-14(6-2-12)28(31)32)10-17(42(38,39)40)21(22(18)30)27-25-13-3-7-15(8-4-13)29(33)34;;/h1-10,30H,23H2,(H,35,36,37)(H,38,39,40);;/q;2*+1/p-2. The average Bonchev–Trinajstić information content (AvgIpc) is 2.90. The fraction of sp³-hybridized carbons (Fsp3) is 0. The number of fused-ring (bicyclic) bond motifs is 1. The predicted molar refractivity (Wildman–Crippen MR) is 140 cm³/mol. The Morgan fingerprint density at radius 1 is 0.659 bits per heavy atom. The largest absolute Gasteiger partial charge is 1.00 e. The molecule has 22 heteroatoms. The Morgan fingerprint density at radius 3 is 1.39 bits per heavy atom. The van der Waals surface area contributed by atoms with Gasteiger partial charge >= 0.3 is 103 Å². The molecular weight excluding hydrogens is 681 g/mol. The number of azo groups is 2. The molecule has 4 aromatic rings. The summed E-state index contributed by atoms with van der Waals surface area (Å²) in [4.78, 5) is 18.1. The van der Waals surface area contributed by atoms with Crippen molar-refractivity contribution in [1.29, 1.82) is 0 Å². The summed E-state index contributed by atoms with van der Waals surface area (Å²) >= 11 is 0. The number of anilines is 1. The third-order valence-electron chi connectivity index (χ3n) is 5.50. The molecule has 0 saturated carbocycles. The van der Waals surface area contributed by atoms with Gasteiger partial charge in [0.15, 0.2) is 5.75 Å². The molecule has 0 amide bonds. The van der Waals surface area contributed by atoms with Crippen molar-refractivity contribution in [1.82, 2.24) is 0 Å². The Labute approximate surface area is 332 Å². The molecule has 0 aliphatic heterocycles. The molecule has 216 valence electrons. The first-order valence-electron chi connectivity index (χ1n) is 10.9. The number of hydrogen-bond acceptors (Lipinski definition) is 16. The molecule has 0 aliphatic rings. The van der Waals surface area contributed by atoms with Gasteiger partial charge in [-0.1, -0.05) is 0 Å². The van der Waals surface area contributed by atoms with Crippen molar-refractivity contribution < 1.29 is 144 Å². The van der Waals surface area contributed by atoms with Crippen LogP contribution in [0.4, 0.5) is 39.8 Å². The second-order valence-corrected chi connectivity index (χ2v) is 10.9. The van der Waals surface area contributed by atoms with E-state index in [1.807, 2.05) is 0 Å².